The molecule has 0 spiro atoms. The molecule has 0 bridgehead atoms. The number of aliphatic hydroxyl groups excluding tert-OH is 1. The molecule has 0 aliphatic carbocycles. The van der Waals surface area contributed by atoms with Crippen molar-refractivity contribution in [1.82, 2.24) is 21.7 Å². The fourth-order valence-corrected chi connectivity index (χ4v) is 24.5. The normalized spacial score (nSPS) is 30.0. The van der Waals surface area contributed by atoms with Crippen molar-refractivity contribution in [2.24, 2.45) is 10.7 Å². The summed E-state index contributed by atoms with van der Waals surface area (Å²) in [6.45, 7) is 37.7. The Labute approximate surface area is 602 Å². The van der Waals surface area contributed by atoms with Gasteiger partial charge in [0.15, 0.2) is 39.3 Å². The molecule has 4 aromatic rings. The molecular formula is C73H108F4N8O13S4. The van der Waals surface area contributed by atoms with Crippen LogP contribution in [0.15, 0.2) is 139 Å². The average molecular weight is 1510 g/mol. The van der Waals surface area contributed by atoms with Crippen LogP contribution in [-0.2, 0) is 71.0 Å². The van der Waals surface area contributed by atoms with Crippen LogP contribution in [-0.4, -0.2) is 148 Å². The average Bonchev–Trinajstić information content (AvgIpc) is 1.46. The highest BCUT2D eigenvalue weighted by Crippen LogP contribution is 2.61. The van der Waals surface area contributed by atoms with Crippen LogP contribution >= 0.6 is 0 Å². The van der Waals surface area contributed by atoms with Gasteiger partial charge in [0, 0.05) is 56.7 Å². The highest BCUT2D eigenvalue weighted by Gasteiger charge is 2.72. The predicted molar refractivity (Wildman–Crippen MR) is 392 cm³/mol. The molecule has 4 aromatic carbocycles. The second-order valence-corrected chi connectivity index (χ2v) is 42.0. The molecule has 102 heavy (non-hydrogen) atoms. The van der Waals surface area contributed by atoms with Crippen LogP contribution in [0, 0.1) is 34.1 Å². The number of rotatable bonds is 9. The first kappa shape index (κ1) is 88.1. The first-order chi connectivity index (χ1) is 45.0. The molecule has 0 unspecified atom stereocenters. The number of hydrogen-bond donors (Lipinski definition) is 7. The molecule has 0 saturated carbocycles. The Morgan fingerprint density at radius 1 is 0.549 bits per heavy atom. The van der Waals surface area contributed by atoms with Crippen molar-refractivity contribution in [3.05, 3.63) is 179 Å². The molecule has 6 saturated heterocycles. The van der Waals surface area contributed by atoms with E-state index in [2.05, 4.69) is 35.4 Å². The maximum Gasteiger partial charge on any atom is 0.168 e. The van der Waals surface area contributed by atoms with E-state index in [9.17, 15) is 66.6 Å². The quantitative estimate of drug-likeness (QED) is 0.0465. The van der Waals surface area contributed by atoms with Crippen molar-refractivity contribution in [1.29, 1.82) is 10.8 Å². The van der Waals surface area contributed by atoms with Gasteiger partial charge in [-0.1, -0.05) is 107 Å². The summed E-state index contributed by atoms with van der Waals surface area (Å²) < 4.78 is 172. The molecule has 21 nitrogen and oxygen atoms in total. The number of nitrogens with zero attached hydrogens (tertiary/aromatic N) is 4. The van der Waals surface area contributed by atoms with Crippen LogP contribution in [0.4, 0.5) is 17.6 Å². The third-order valence-corrected chi connectivity index (χ3v) is 33.1. The maximum absolute atomic E-state index is 14.6. The van der Waals surface area contributed by atoms with Gasteiger partial charge in [0.2, 0.25) is 0 Å². The van der Waals surface area contributed by atoms with E-state index in [1.807, 2.05) is 32.6 Å². The van der Waals surface area contributed by atoms with Crippen LogP contribution in [0.2, 0.25) is 0 Å². The summed E-state index contributed by atoms with van der Waals surface area (Å²) in [7, 11) is -14.9. The molecular weight excluding hydrogens is 1400 g/mol. The van der Waals surface area contributed by atoms with Crippen LogP contribution in [0.1, 0.15) is 174 Å². The van der Waals surface area contributed by atoms with E-state index < -0.39 is 154 Å². The summed E-state index contributed by atoms with van der Waals surface area (Å²) in [4.78, 5) is 6.41. The first-order valence-electron chi connectivity index (χ1n) is 32.3. The molecule has 0 aromatic heterocycles. The molecule has 570 valence electrons. The lowest BCUT2D eigenvalue weighted by molar-refractivity contribution is -0.0949. The number of ether oxygens (including phenoxy) is 2. The number of sulfone groups is 4. The van der Waals surface area contributed by atoms with Gasteiger partial charge in [0.1, 0.15) is 70.2 Å². The molecule has 0 amide bonds. The number of fused-ring (bicyclic) bond motifs is 3. The van der Waals surface area contributed by atoms with Crippen LogP contribution in [0.3, 0.4) is 0 Å². The fourth-order valence-electron chi connectivity index (χ4n) is 14.4. The summed E-state index contributed by atoms with van der Waals surface area (Å²) in [5.41, 5.74) is -0.879. The lowest BCUT2D eigenvalue weighted by Crippen LogP contribution is -2.71. The van der Waals surface area contributed by atoms with E-state index in [1.165, 1.54) is 64.1 Å². The molecule has 0 radical (unpaired) electrons. The Hall–Kier alpha value is -6.33. The van der Waals surface area contributed by atoms with Crippen molar-refractivity contribution in [3.63, 3.8) is 0 Å². The van der Waals surface area contributed by atoms with Gasteiger partial charge in [-0.2, -0.15) is 0 Å². The van der Waals surface area contributed by atoms with Gasteiger partial charge in [0.05, 0.1) is 63.2 Å². The SMILES string of the molecule is C.C.C=C1N2C[C@@]2(c2ccccc2F)[C@@H](CC(C)(C)O)S(=O)(=O)C1(C)C.C=C1N[C@@]2(c3ccccc3F)COC(C)(C)C[C@H]2S(=O)(=O)C1(C)C.C=C1N[C@](CO)(c2ccccc2F)[C@@H](CC(C)(C)O)S(=O)(=O)C1(C)C.CC1(C)C[C@@H]2[C@](c3ccccc3F)(CO1)N=C(N)C(C)(C)S2(=O)=O.N.N#N. The number of hydrogen-bond acceptors (Lipinski definition) is 21. The van der Waals surface area contributed by atoms with E-state index in [1.54, 1.807) is 116 Å². The number of amidine groups is 1. The number of nitrogens with two attached hydrogens (primary N) is 1. The topological polar surface area (TPSA) is 364 Å². The molecule has 7 heterocycles. The second-order valence-electron chi connectivity index (χ2n) is 31.3. The van der Waals surface area contributed by atoms with Gasteiger partial charge >= 0.3 is 0 Å². The van der Waals surface area contributed by atoms with Gasteiger partial charge in [-0.25, -0.2) is 51.2 Å². The standard InChI is InChI=1S/C18H26FNO4S.2C18H24FNO3S.C17H23FN2O3S.2CH4.N2.H3N/c1-12-17(4,5)25(23,24)15(10-16(2,3)22)18(11-21,20-12)13-8-6-7-9-14(13)19;1-12-17(4,5)24(21,22)15-10-16(2,3)23-11-18(15,20-12)13-8-6-7-9-14(13)19;1-12-17(4,5)24(22,23)15(10-16(2,3)21)18(11-20(12)18)13-8-6-7-9-14(13)19;1-15(2)9-13-17(10-23-15,11-7-5-6-8-12(11)18)20-14(19)16(3,4)24(13,21)22;;;1-2;/h6-9,15,20-22H,1,10-11H2,2-5H3;6-9,15,20H,1,10-11H2,2-5H3;6-9,15,21H,1,10-11H2,2-5H3;5-8,13H,9-10H2,1-4H3,(H2,19,20);2*1H4;;1H3/t2*15-,18-;15-,18-,20?;13-,17-;;;;/m1111..../s1. The van der Waals surface area contributed by atoms with Gasteiger partial charge in [-0.3, -0.25) is 4.99 Å². The fraction of sp³-hybridized carbons (Fsp3) is 0.575. The number of benzene rings is 4. The molecule has 11 rings (SSSR count). The highest BCUT2D eigenvalue weighted by atomic mass is 32.2. The van der Waals surface area contributed by atoms with Crippen molar-refractivity contribution >= 4 is 45.2 Å². The van der Waals surface area contributed by atoms with Crippen LogP contribution in [0.5, 0.6) is 0 Å². The third kappa shape index (κ3) is 14.6. The Morgan fingerprint density at radius 2 is 0.912 bits per heavy atom. The number of nitrogens with one attached hydrogen (secondary N) is 2. The van der Waals surface area contributed by atoms with E-state index in [-0.39, 0.29) is 82.6 Å². The highest BCUT2D eigenvalue weighted by molar-refractivity contribution is 7.95. The number of halogens is 4. The van der Waals surface area contributed by atoms with E-state index in [4.69, 9.17) is 26.0 Å². The molecule has 7 aliphatic rings. The van der Waals surface area contributed by atoms with Gasteiger partial charge < -0.3 is 52.2 Å². The Bertz CT molecular complexity index is 4320. The van der Waals surface area contributed by atoms with Crippen LogP contribution < -0.4 is 22.5 Å². The zero-order valence-corrected chi connectivity index (χ0v) is 63.2. The minimum absolute atomic E-state index is 0. The lowest BCUT2D eigenvalue weighted by atomic mass is 9.78. The summed E-state index contributed by atoms with van der Waals surface area (Å²) in [6.07, 6.45) is 0.377. The van der Waals surface area contributed by atoms with E-state index in [0.29, 0.717) is 29.1 Å². The molecule has 10 N–H and O–H groups in total. The van der Waals surface area contributed by atoms with Crippen molar-refractivity contribution < 1.29 is 76.0 Å². The summed E-state index contributed by atoms with van der Waals surface area (Å²) in [5, 5.41) is 45.2. The molecule has 6 fully saturated rings. The summed E-state index contributed by atoms with van der Waals surface area (Å²) in [6, 6.07) is 24.4. The second kappa shape index (κ2) is 28.9. The van der Waals surface area contributed by atoms with Crippen molar-refractivity contribution in [2.75, 3.05) is 26.4 Å². The van der Waals surface area contributed by atoms with Gasteiger partial charge in [-0.05, 0) is 161 Å². The number of aliphatic imine (C=N–C) groups is 1. The Morgan fingerprint density at radius 3 is 1.35 bits per heavy atom. The van der Waals surface area contributed by atoms with E-state index in [0.717, 1.165) is 0 Å². The third-order valence-electron chi connectivity index (χ3n) is 21.2. The lowest BCUT2D eigenvalue weighted by Gasteiger charge is -2.56. The van der Waals surface area contributed by atoms with E-state index >= 15 is 0 Å². The van der Waals surface area contributed by atoms with Gasteiger partial charge in [-0.15, -0.1) is 0 Å². The number of aliphatic hydroxyl groups is 3. The molecule has 29 heteroatoms. The minimum Gasteiger partial charge on any atom is -0.394 e. The maximum atomic E-state index is 14.6. The Balaban J connectivity index is 0.000000283. The monoisotopic (exact) mass is 1510 g/mol. The van der Waals surface area contributed by atoms with Gasteiger partial charge in [0.25, 0.3) is 0 Å². The zero-order chi connectivity index (χ0) is 75.3. The summed E-state index contributed by atoms with van der Waals surface area (Å²) in [5.74, 6) is -2.01. The largest absolute Gasteiger partial charge is 0.394 e. The first-order valence-corrected chi connectivity index (χ1v) is 38.5. The Kier molecular flexibility index (Phi) is 24.9. The van der Waals surface area contributed by atoms with Crippen molar-refractivity contribution in [3.8, 4) is 0 Å². The zero-order valence-electron chi connectivity index (χ0n) is 60.0. The minimum atomic E-state index is -3.92. The van der Waals surface area contributed by atoms with Crippen LogP contribution in [0.25, 0.3) is 0 Å². The van der Waals surface area contributed by atoms with Crippen molar-refractivity contribution in [2.45, 2.75) is 236 Å². The molecule has 7 aliphatic heterocycles. The summed E-state index contributed by atoms with van der Waals surface area (Å²) >= 11 is 0. The molecule has 8 atom stereocenters. The smallest absolute Gasteiger partial charge is 0.168 e. The predicted octanol–water partition coefficient (Wildman–Crippen LogP) is 11.0.